The third kappa shape index (κ3) is 3.49. The molecule has 0 spiro atoms. The van der Waals surface area contributed by atoms with Gasteiger partial charge in [-0.2, -0.15) is 0 Å². The normalized spacial score (nSPS) is 13.4. The lowest BCUT2D eigenvalue weighted by Gasteiger charge is -2.14. The topological polar surface area (TPSA) is 129 Å². The fraction of sp³-hybridized carbons (Fsp3) is 0.368. The molecule has 0 saturated carbocycles. The van der Waals surface area contributed by atoms with Gasteiger partial charge >= 0.3 is 5.69 Å². The molecule has 0 radical (unpaired) electrons. The van der Waals surface area contributed by atoms with Crippen LogP contribution in [0.5, 0.6) is 17.2 Å². The fourth-order valence-electron chi connectivity index (χ4n) is 3.15. The number of benzene rings is 1. The number of fused-ring (bicyclic) bond motifs is 2. The number of carbonyl (C=O) groups excluding carboxylic acids is 1. The molecule has 1 amide bonds. The van der Waals surface area contributed by atoms with E-state index in [0.717, 1.165) is 4.57 Å². The van der Waals surface area contributed by atoms with Crippen LogP contribution < -0.4 is 30.8 Å². The molecule has 4 rings (SSSR count). The van der Waals surface area contributed by atoms with Crippen LogP contribution in [0.15, 0.2) is 27.8 Å². The number of nitrogens with zero attached hydrogens (tertiary/aromatic N) is 3. The van der Waals surface area contributed by atoms with E-state index in [4.69, 9.17) is 14.2 Å². The largest absolute Gasteiger partial charge is 0.481 e. The number of hydrogen-bond donors (Lipinski definition) is 2. The van der Waals surface area contributed by atoms with E-state index in [1.54, 1.807) is 32.2 Å². The highest BCUT2D eigenvalue weighted by molar-refractivity contribution is 5.80. The predicted molar refractivity (Wildman–Crippen MR) is 106 cm³/mol. The molecule has 158 valence electrons. The van der Waals surface area contributed by atoms with E-state index in [2.05, 4.69) is 15.3 Å². The number of imidazole rings is 1. The van der Waals surface area contributed by atoms with E-state index in [-0.39, 0.29) is 30.4 Å². The van der Waals surface area contributed by atoms with Crippen molar-refractivity contribution in [2.75, 3.05) is 13.3 Å². The van der Waals surface area contributed by atoms with E-state index in [9.17, 15) is 14.4 Å². The van der Waals surface area contributed by atoms with Gasteiger partial charge in [-0.1, -0.05) is 0 Å². The minimum atomic E-state index is -0.728. The minimum absolute atomic E-state index is 0.164. The molecule has 11 heteroatoms. The number of aromatic amines is 1. The van der Waals surface area contributed by atoms with Gasteiger partial charge in [0.25, 0.3) is 11.5 Å². The first-order chi connectivity index (χ1) is 14.3. The highest BCUT2D eigenvalue weighted by Gasteiger charge is 2.18. The molecule has 3 heterocycles. The first-order valence-electron chi connectivity index (χ1n) is 9.34. The SMILES string of the molecule is CC(Oc1ccc2c(c1)OCO2)C(=O)NCCc1nc2c([nH]1)c(=O)n(C)c(=O)n2C. The van der Waals surface area contributed by atoms with Crippen molar-refractivity contribution in [1.82, 2.24) is 24.4 Å². The molecular weight excluding hydrogens is 394 g/mol. The van der Waals surface area contributed by atoms with Gasteiger partial charge < -0.3 is 24.5 Å². The maximum absolute atomic E-state index is 12.3. The monoisotopic (exact) mass is 415 g/mol. The number of aromatic nitrogens is 4. The summed E-state index contributed by atoms with van der Waals surface area (Å²) in [7, 11) is 2.96. The average molecular weight is 415 g/mol. The highest BCUT2D eigenvalue weighted by Crippen LogP contribution is 2.35. The second kappa shape index (κ2) is 7.58. The standard InChI is InChI=1S/C19H21N5O6/c1-10(30-11-4-5-12-13(8-11)29-9-28-12)17(25)20-7-6-14-21-15-16(22-14)23(2)19(27)24(3)18(15)26/h4-5,8,10H,6-7,9H2,1-3H3,(H,20,25)(H,21,22). The zero-order valence-electron chi connectivity index (χ0n) is 16.7. The summed E-state index contributed by atoms with van der Waals surface area (Å²) in [5.41, 5.74) is -0.362. The summed E-state index contributed by atoms with van der Waals surface area (Å²) in [6, 6.07) is 5.10. The Hall–Kier alpha value is -3.76. The van der Waals surface area contributed by atoms with Crippen molar-refractivity contribution >= 4 is 17.1 Å². The Labute approximate surface area is 170 Å². The van der Waals surface area contributed by atoms with E-state index < -0.39 is 17.4 Å². The van der Waals surface area contributed by atoms with Gasteiger partial charge in [-0.05, 0) is 19.1 Å². The zero-order valence-corrected chi connectivity index (χ0v) is 16.7. The Morgan fingerprint density at radius 1 is 1.27 bits per heavy atom. The molecule has 11 nitrogen and oxygen atoms in total. The van der Waals surface area contributed by atoms with Crippen molar-refractivity contribution in [2.24, 2.45) is 14.1 Å². The Morgan fingerprint density at radius 3 is 2.83 bits per heavy atom. The summed E-state index contributed by atoms with van der Waals surface area (Å²) in [6.07, 6.45) is -0.372. The van der Waals surface area contributed by atoms with E-state index in [0.29, 0.717) is 29.5 Å². The molecule has 30 heavy (non-hydrogen) atoms. The van der Waals surface area contributed by atoms with E-state index in [1.165, 1.54) is 11.6 Å². The third-order valence-corrected chi connectivity index (χ3v) is 4.83. The molecule has 2 aromatic heterocycles. The lowest BCUT2D eigenvalue weighted by molar-refractivity contribution is -0.127. The van der Waals surface area contributed by atoms with Crippen LogP contribution in [0.2, 0.25) is 0 Å². The number of ether oxygens (including phenoxy) is 3. The zero-order chi connectivity index (χ0) is 21.4. The van der Waals surface area contributed by atoms with Crippen LogP contribution in [0.1, 0.15) is 12.7 Å². The minimum Gasteiger partial charge on any atom is -0.481 e. The summed E-state index contributed by atoms with van der Waals surface area (Å²) in [5, 5.41) is 2.77. The van der Waals surface area contributed by atoms with Crippen LogP contribution >= 0.6 is 0 Å². The van der Waals surface area contributed by atoms with Crippen LogP contribution in [0, 0.1) is 0 Å². The molecule has 1 aromatic carbocycles. The summed E-state index contributed by atoms with van der Waals surface area (Å²) in [6.45, 7) is 2.08. The Kier molecular flexibility index (Phi) is 4.94. The highest BCUT2D eigenvalue weighted by atomic mass is 16.7. The lowest BCUT2D eigenvalue weighted by atomic mass is 10.3. The van der Waals surface area contributed by atoms with Crippen molar-refractivity contribution in [3.8, 4) is 17.2 Å². The Morgan fingerprint density at radius 2 is 2.03 bits per heavy atom. The fourth-order valence-corrected chi connectivity index (χ4v) is 3.15. The maximum atomic E-state index is 12.3. The average Bonchev–Trinajstić information content (AvgIpc) is 3.37. The van der Waals surface area contributed by atoms with E-state index in [1.807, 2.05) is 0 Å². The molecule has 1 unspecified atom stereocenters. The van der Waals surface area contributed by atoms with Crippen molar-refractivity contribution in [3.05, 3.63) is 44.9 Å². The molecule has 0 saturated heterocycles. The van der Waals surface area contributed by atoms with Crippen LogP contribution in [0.4, 0.5) is 0 Å². The number of amides is 1. The second-order valence-electron chi connectivity index (χ2n) is 6.90. The van der Waals surface area contributed by atoms with Gasteiger partial charge in [0.1, 0.15) is 17.1 Å². The molecule has 1 atom stereocenters. The van der Waals surface area contributed by atoms with Gasteiger partial charge in [-0.15, -0.1) is 0 Å². The van der Waals surface area contributed by atoms with E-state index >= 15 is 0 Å². The Bertz CT molecular complexity index is 1240. The van der Waals surface area contributed by atoms with Gasteiger partial charge in [0.2, 0.25) is 6.79 Å². The number of aryl methyl sites for hydroxylation is 1. The van der Waals surface area contributed by atoms with Gasteiger partial charge in [0, 0.05) is 33.1 Å². The Balaban J connectivity index is 1.36. The molecule has 2 N–H and O–H groups in total. The number of H-pyrrole nitrogens is 1. The molecule has 0 bridgehead atoms. The van der Waals surface area contributed by atoms with Gasteiger partial charge in [-0.3, -0.25) is 18.7 Å². The molecule has 0 fully saturated rings. The van der Waals surface area contributed by atoms with Crippen LogP contribution in [0.25, 0.3) is 11.2 Å². The van der Waals surface area contributed by atoms with Crippen molar-refractivity contribution in [2.45, 2.75) is 19.4 Å². The third-order valence-electron chi connectivity index (χ3n) is 4.83. The van der Waals surface area contributed by atoms with Crippen LogP contribution in [-0.4, -0.2) is 44.5 Å². The van der Waals surface area contributed by atoms with Crippen molar-refractivity contribution in [3.63, 3.8) is 0 Å². The summed E-state index contributed by atoms with van der Waals surface area (Å²) >= 11 is 0. The second-order valence-corrected chi connectivity index (χ2v) is 6.90. The quantitative estimate of drug-likeness (QED) is 0.571. The maximum Gasteiger partial charge on any atom is 0.332 e. The predicted octanol–water partition coefficient (Wildman–Crippen LogP) is -0.185. The number of hydrogen-bond acceptors (Lipinski definition) is 7. The van der Waals surface area contributed by atoms with Crippen molar-refractivity contribution < 1.29 is 19.0 Å². The molecular formula is C19H21N5O6. The number of nitrogens with one attached hydrogen (secondary N) is 2. The van der Waals surface area contributed by atoms with Crippen LogP contribution in [-0.2, 0) is 25.3 Å². The lowest BCUT2D eigenvalue weighted by Crippen LogP contribution is -2.37. The van der Waals surface area contributed by atoms with Gasteiger partial charge in [0.05, 0.1) is 0 Å². The number of carbonyl (C=O) groups is 1. The summed E-state index contributed by atoms with van der Waals surface area (Å²) in [4.78, 5) is 43.7. The molecule has 1 aliphatic rings. The number of rotatable bonds is 6. The molecule has 3 aromatic rings. The smallest absolute Gasteiger partial charge is 0.332 e. The first kappa shape index (κ1) is 19.6. The van der Waals surface area contributed by atoms with Crippen molar-refractivity contribution in [1.29, 1.82) is 0 Å². The first-order valence-corrected chi connectivity index (χ1v) is 9.34. The van der Waals surface area contributed by atoms with Gasteiger partial charge in [-0.25, -0.2) is 9.78 Å². The molecule has 0 aliphatic carbocycles. The van der Waals surface area contributed by atoms with Crippen LogP contribution in [0.3, 0.4) is 0 Å². The molecule has 1 aliphatic heterocycles. The van der Waals surface area contributed by atoms with Gasteiger partial charge in [0.15, 0.2) is 23.3 Å². The summed E-state index contributed by atoms with van der Waals surface area (Å²) in [5.74, 6) is 1.90. The summed E-state index contributed by atoms with van der Waals surface area (Å²) < 4.78 is 18.5.